The van der Waals surface area contributed by atoms with Gasteiger partial charge in [-0.3, -0.25) is 0 Å². The standard InChI is InChI=1S/C21H24N8O/c1-3-6-17-18(23-14-28-21(17)26-19(27-28)13-30-4-2)11-16-9-10-24-29(16)20-8-5-7-15(12-22)25-20/h5,7-8,10,14,16H,3-4,6,9,11,13H2,1-2H3. The van der Waals surface area contributed by atoms with Crippen LogP contribution in [0.25, 0.3) is 5.65 Å². The molecule has 1 aliphatic heterocycles. The minimum absolute atomic E-state index is 0.0859. The van der Waals surface area contributed by atoms with Crippen LogP contribution in [0.15, 0.2) is 29.6 Å². The van der Waals surface area contributed by atoms with Crippen molar-refractivity contribution < 1.29 is 4.74 Å². The molecule has 154 valence electrons. The first-order valence-corrected chi connectivity index (χ1v) is 10.2. The van der Waals surface area contributed by atoms with Crippen molar-refractivity contribution in [2.75, 3.05) is 11.6 Å². The molecule has 30 heavy (non-hydrogen) atoms. The van der Waals surface area contributed by atoms with Gasteiger partial charge in [0.25, 0.3) is 0 Å². The molecule has 0 saturated heterocycles. The average Bonchev–Trinajstić information content (AvgIpc) is 3.41. The predicted molar refractivity (Wildman–Crippen MR) is 112 cm³/mol. The van der Waals surface area contributed by atoms with Crippen LogP contribution in [0.1, 0.15) is 49.5 Å². The van der Waals surface area contributed by atoms with Gasteiger partial charge < -0.3 is 4.74 Å². The Morgan fingerprint density at radius 1 is 1.27 bits per heavy atom. The second kappa shape index (κ2) is 8.97. The number of pyridine rings is 1. The number of aromatic nitrogens is 5. The van der Waals surface area contributed by atoms with Crippen LogP contribution in [0.5, 0.6) is 0 Å². The second-order valence-corrected chi connectivity index (χ2v) is 7.08. The number of fused-ring (bicyclic) bond motifs is 1. The van der Waals surface area contributed by atoms with Crippen LogP contribution in [0, 0.1) is 11.3 Å². The number of nitriles is 1. The van der Waals surface area contributed by atoms with Gasteiger partial charge in [0, 0.05) is 31.2 Å². The van der Waals surface area contributed by atoms with E-state index in [4.69, 9.17) is 20.0 Å². The first-order valence-electron chi connectivity index (χ1n) is 10.2. The summed E-state index contributed by atoms with van der Waals surface area (Å²) in [7, 11) is 0. The Morgan fingerprint density at radius 2 is 2.17 bits per heavy atom. The summed E-state index contributed by atoms with van der Waals surface area (Å²) in [6.45, 7) is 5.12. The lowest BCUT2D eigenvalue weighted by molar-refractivity contribution is 0.128. The molecule has 0 radical (unpaired) electrons. The van der Waals surface area contributed by atoms with Crippen LogP contribution in [0.4, 0.5) is 5.82 Å². The van der Waals surface area contributed by atoms with Crippen LogP contribution >= 0.6 is 0 Å². The highest BCUT2D eigenvalue weighted by Crippen LogP contribution is 2.25. The molecule has 9 nitrogen and oxygen atoms in total. The largest absolute Gasteiger partial charge is 0.374 e. The van der Waals surface area contributed by atoms with Crippen LogP contribution in [0.2, 0.25) is 0 Å². The van der Waals surface area contributed by atoms with Crippen LogP contribution in [-0.2, 0) is 24.2 Å². The highest BCUT2D eigenvalue weighted by Gasteiger charge is 2.26. The Hall–Kier alpha value is -3.38. The van der Waals surface area contributed by atoms with E-state index in [0.717, 1.165) is 36.2 Å². The summed E-state index contributed by atoms with van der Waals surface area (Å²) in [6, 6.07) is 7.57. The van der Waals surface area contributed by atoms with Crippen molar-refractivity contribution in [1.82, 2.24) is 24.6 Å². The van der Waals surface area contributed by atoms with Gasteiger partial charge in [-0.2, -0.15) is 10.4 Å². The Kier molecular flexibility index (Phi) is 5.95. The molecule has 3 aromatic heterocycles. The monoisotopic (exact) mass is 404 g/mol. The number of hydrazone groups is 1. The Labute approximate surface area is 175 Å². The quantitative estimate of drug-likeness (QED) is 0.568. The maximum Gasteiger partial charge on any atom is 0.177 e. The van der Waals surface area contributed by atoms with Crippen molar-refractivity contribution in [3.8, 4) is 6.07 Å². The fourth-order valence-corrected chi connectivity index (χ4v) is 3.62. The van der Waals surface area contributed by atoms with E-state index in [1.54, 1.807) is 16.9 Å². The van der Waals surface area contributed by atoms with Crippen LogP contribution < -0.4 is 5.01 Å². The van der Waals surface area contributed by atoms with Gasteiger partial charge in [-0.05, 0) is 25.5 Å². The Bertz CT molecular complexity index is 1100. The van der Waals surface area contributed by atoms with Crippen molar-refractivity contribution in [2.45, 2.75) is 52.2 Å². The van der Waals surface area contributed by atoms with Gasteiger partial charge in [0.1, 0.15) is 24.7 Å². The van der Waals surface area contributed by atoms with Gasteiger partial charge in [0.15, 0.2) is 17.3 Å². The maximum absolute atomic E-state index is 9.15. The Balaban J connectivity index is 1.63. The molecule has 0 bridgehead atoms. The third-order valence-corrected chi connectivity index (χ3v) is 4.99. The summed E-state index contributed by atoms with van der Waals surface area (Å²) in [4.78, 5) is 13.8. The average molecular weight is 404 g/mol. The molecule has 1 atom stereocenters. The second-order valence-electron chi connectivity index (χ2n) is 7.08. The van der Waals surface area contributed by atoms with Gasteiger partial charge in [0.05, 0.1) is 11.7 Å². The molecule has 3 aromatic rings. The zero-order valence-corrected chi connectivity index (χ0v) is 17.2. The van der Waals surface area contributed by atoms with Gasteiger partial charge in [0.2, 0.25) is 0 Å². The molecule has 9 heteroatoms. The van der Waals surface area contributed by atoms with E-state index in [1.807, 2.05) is 30.3 Å². The third kappa shape index (κ3) is 4.00. The first kappa shape index (κ1) is 19.9. The van der Waals surface area contributed by atoms with Crippen molar-refractivity contribution in [3.05, 3.63) is 47.3 Å². The van der Waals surface area contributed by atoms with Crippen LogP contribution in [-0.4, -0.2) is 43.4 Å². The normalized spacial score (nSPS) is 15.8. The third-order valence-electron chi connectivity index (χ3n) is 4.99. The first-order chi connectivity index (χ1) is 14.7. The molecule has 0 amide bonds. The highest BCUT2D eigenvalue weighted by molar-refractivity contribution is 5.66. The molecule has 1 unspecified atom stereocenters. The van der Waals surface area contributed by atoms with Crippen molar-refractivity contribution in [3.63, 3.8) is 0 Å². The molecule has 0 spiro atoms. The van der Waals surface area contributed by atoms with Gasteiger partial charge in [-0.25, -0.2) is 24.5 Å². The Morgan fingerprint density at radius 3 is 2.97 bits per heavy atom. The molecule has 4 heterocycles. The predicted octanol–water partition coefficient (Wildman–Crippen LogP) is 2.69. The molecular weight excluding hydrogens is 380 g/mol. The van der Waals surface area contributed by atoms with Gasteiger partial charge in [-0.1, -0.05) is 19.4 Å². The van der Waals surface area contributed by atoms with E-state index >= 15 is 0 Å². The topological polar surface area (TPSA) is 105 Å². The number of hydrogen-bond acceptors (Lipinski definition) is 8. The minimum Gasteiger partial charge on any atom is -0.374 e. The van der Waals surface area contributed by atoms with Gasteiger partial charge >= 0.3 is 0 Å². The number of anilines is 1. The summed E-state index contributed by atoms with van der Waals surface area (Å²) in [5, 5.41) is 20.0. The zero-order valence-electron chi connectivity index (χ0n) is 17.2. The number of rotatable bonds is 8. The lowest BCUT2D eigenvalue weighted by Gasteiger charge is -2.23. The maximum atomic E-state index is 9.15. The summed E-state index contributed by atoms with van der Waals surface area (Å²) in [6.07, 6.45) is 6.96. The lowest BCUT2D eigenvalue weighted by Crippen LogP contribution is -2.30. The summed E-state index contributed by atoms with van der Waals surface area (Å²) < 4.78 is 7.20. The summed E-state index contributed by atoms with van der Waals surface area (Å²) in [5.74, 6) is 1.34. The van der Waals surface area contributed by atoms with Gasteiger partial charge in [-0.15, -0.1) is 5.10 Å². The van der Waals surface area contributed by atoms with E-state index < -0.39 is 0 Å². The minimum atomic E-state index is 0.0859. The van der Waals surface area contributed by atoms with E-state index in [0.29, 0.717) is 37.0 Å². The molecule has 0 fully saturated rings. The van der Waals surface area contributed by atoms with Crippen LogP contribution in [0.3, 0.4) is 0 Å². The molecule has 0 saturated carbocycles. The molecule has 0 N–H and O–H groups in total. The van der Waals surface area contributed by atoms with E-state index in [1.165, 1.54) is 0 Å². The number of aryl methyl sites for hydroxylation is 1. The number of hydrogen-bond donors (Lipinski definition) is 0. The molecular formula is C21H24N8O. The summed E-state index contributed by atoms with van der Waals surface area (Å²) in [5.41, 5.74) is 3.33. The zero-order chi connectivity index (χ0) is 20.9. The van der Waals surface area contributed by atoms with Crippen molar-refractivity contribution >= 4 is 17.7 Å². The molecule has 0 aliphatic carbocycles. The number of nitrogens with zero attached hydrogens (tertiary/aromatic N) is 8. The van der Waals surface area contributed by atoms with E-state index in [2.05, 4.69) is 28.2 Å². The molecule has 1 aliphatic rings. The van der Waals surface area contributed by atoms with Crippen molar-refractivity contribution in [2.24, 2.45) is 5.10 Å². The van der Waals surface area contributed by atoms with E-state index in [-0.39, 0.29) is 6.04 Å². The highest BCUT2D eigenvalue weighted by atomic mass is 16.5. The lowest BCUT2D eigenvalue weighted by atomic mass is 10.0. The van der Waals surface area contributed by atoms with E-state index in [9.17, 15) is 0 Å². The fraction of sp³-hybridized carbons (Fsp3) is 0.429. The fourth-order valence-electron chi connectivity index (χ4n) is 3.62. The smallest absolute Gasteiger partial charge is 0.177 e. The SMILES string of the molecule is CCCc1c(CC2CC=NN2c2cccc(C#N)n2)ncn2nc(COCC)nc12. The number of ether oxygens (including phenoxy) is 1. The molecule has 4 rings (SSSR count). The molecule has 0 aromatic carbocycles. The summed E-state index contributed by atoms with van der Waals surface area (Å²) >= 11 is 0. The van der Waals surface area contributed by atoms with Crippen molar-refractivity contribution in [1.29, 1.82) is 5.26 Å².